The lowest BCUT2D eigenvalue weighted by molar-refractivity contribution is -0.137. The zero-order chi connectivity index (χ0) is 12.7. The average molecular weight is 239 g/mol. The van der Waals surface area contributed by atoms with Crippen molar-refractivity contribution in [3.8, 4) is 0 Å². The molecule has 1 rings (SSSR count). The van der Waals surface area contributed by atoms with E-state index in [-0.39, 0.29) is 18.4 Å². The van der Waals surface area contributed by atoms with Crippen LogP contribution < -0.4 is 5.32 Å². The summed E-state index contributed by atoms with van der Waals surface area (Å²) in [4.78, 5) is 22.1. The summed E-state index contributed by atoms with van der Waals surface area (Å²) in [6.45, 7) is 2.35. The number of carboxylic acid groups (broad SMARTS) is 1. The summed E-state index contributed by atoms with van der Waals surface area (Å²) >= 11 is 0. The highest BCUT2D eigenvalue weighted by molar-refractivity contribution is 5.77. The number of nitrogens with one attached hydrogen (secondary N) is 1. The highest BCUT2D eigenvalue weighted by Crippen LogP contribution is 1.99. The van der Waals surface area contributed by atoms with Crippen molar-refractivity contribution >= 4 is 11.9 Å². The number of amides is 1. The molecule has 1 aromatic rings. The summed E-state index contributed by atoms with van der Waals surface area (Å²) in [5.41, 5.74) is 0. The van der Waals surface area contributed by atoms with E-state index in [2.05, 4.69) is 10.4 Å². The van der Waals surface area contributed by atoms with Crippen molar-refractivity contribution in [3.63, 3.8) is 0 Å². The summed E-state index contributed by atoms with van der Waals surface area (Å²) in [5.74, 6) is -1.04. The highest BCUT2D eigenvalue weighted by atomic mass is 16.4. The highest BCUT2D eigenvalue weighted by Gasteiger charge is 2.13. The van der Waals surface area contributed by atoms with Gasteiger partial charge in [-0.15, -0.1) is 0 Å². The molecule has 2 N–H and O–H groups in total. The number of aliphatic carboxylic acids is 1. The Morgan fingerprint density at radius 2 is 2.29 bits per heavy atom. The van der Waals surface area contributed by atoms with Crippen LogP contribution in [-0.2, 0) is 16.1 Å². The summed E-state index contributed by atoms with van der Waals surface area (Å²) in [6.07, 6.45) is 4.31. The standard InChI is InChI=1S/C11H17N3O3/c1-2-9(8-11(16)17)13-10(15)4-7-14-6-3-5-12-14/h3,5-6,9H,2,4,7-8H2,1H3,(H,13,15)(H,16,17). The Bertz CT molecular complexity index is 362. The fourth-order valence-corrected chi connectivity index (χ4v) is 1.46. The maximum atomic E-state index is 11.5. The summed E-state index contributed by atoms with van der Waals surface area (Å²) in [5, 5.41) is 15.3. The molecule has 0 fully saturated rings. The average Bonchev–Trinajstić information content (AvgIpc) is 2.77. The molecule has 6 heteroatoms. The van der Waals surface area contributed by atoms with Crippen molar-refractivity contribution < 1.29 is 14.7 Å². The fraction of sp³-hybridized carbons (Fsp3) is 0.545. The molecule has 0 aliphatic carbocycles. The Labute approximate surface area is 99.6 Å². The van der Waals surface area contributed by atoms with Crippen molar-refractivity contribution in [2.45, 2.75) is 38.8 Å². The van der Waals surface area contributed by atoms with Crippen LogP contribution in [0.15, 0.2) is 18.5 Å². The Morgan fingerprint density at radius 3 is 2.82 bits per heavy atom. The lowest BCUT2D eigenvalue weighted by Crippen LogP contribution is -2.36. The zero-order valence-corrected chi connectivity index (χ0v) is 9.80. The third kappa shape index (κ3) is 5.14. The predicted molar refractivity (Wildman–Crippen MR) is 61.3 cm³/mol. The second-order valence-electron chi connectivity index (χ2n) is 3.79. The van der Waals surface area contributed by atoms with Gasteiger partial charge in [0.05, 0.1) is 6.42 Å². The molecular weight excluding hydrogens is 222 g/mol. The number of hydrogen-bond acceptors (Lipinski definition) is 3. The SMILES string of the molecule is CCC(CC(=O)O)NC(=O)CCn1cccn1. The van der Waals surface area contributed by atoms with Gasteiger partial charge >= 0.3 is 5.97 Å². The van der Waals surface area contributed by atoms with Gasteiger partial charge in [0.1, 0.15) is 0 Å². The van der Waals surface area contributed by atoms with E-state index in [1.54, 1.807) is 23.1 Å². The van der Waals surface area contributed by atoms with E-state index in [0.717, 1.165) is 0 Å². The molecule has 0 saturated heterocycles. The monoisotopic (exact) mass is 239 g/mol. The minimum atomic E-state index is -0.899. The Balaban J connectivity index is 2.30. The minimum absolute atomic E-state index is 0.0377. The normalized spacial score (nSPS) is 12.1. The number of hydrogen-bond donors (Lipinski definition) is 2. The first-order chi connectivity index (χ1) is 8.11. The first-order valence-electron chi connectivity index (χ1n) is 5.60. The smallest absolute Gasteiger partial charge is 0.305 e. The van der Waals surface area contributed by atoms with E-state index in [0.29, 0.717) is 19.4 Å². The first-order valence-corrected chi connectivity index (χ1v) is 5.60. The second kappa shape index (κ2) is 6.67. The van der Waals surface area contributed by atoms with Crippen LogP contribution >= 0.6 is 0 Å². The van der Waals surface area contributed by atoms with E-state index in [1.165, 1.54) is 0 Å². The molecular formula is C11H17N3O3. The predicted octanol–water partition coefficient (Wildman–Crippen LogP) is 0.643. The lowest BCUT2D eigenvalue weighted by atomic mass is 10.1. The molecule has 6 nitrogen and oxygen atoms in total. The van der Waals surface area contributed by atoms with Gasteiger partial charge in [-0.1, -0.05) is 6.92 Å². The van der Waals surface area contributed by atoms with Crippen molar-refractivity contribution in [2.24, 2.45) is 0 Å². The second-order valence-corrected chi connectivity index (χ2v) is 3.79. The number of nitrogens with zero attached hydrogens (tertiary/aromatic N) is 2. The van der Waals surface area contributed by atoms with Gasteiger partial charge in [-0.3, -0.25) is 14.3 Å². The van der Waals surface area contributed by atoms with E-state index >= 15 is 0 Å². The number of aromatic nitrogens is 2. The molecule has 0 aliphatic rings. The molecule has 1 heterocycles. The third-order valence-corrected chi connectivity index (χ3v) is 2.41. The molecule has 1 unspecified atom stereocenters. The first kappa shape index (κ1) is 13.2. The summed E-state index contributed by atoms with van der Waals surface area (Å²) in [7, 11) is 0. The van der Waals surface area contributed by atoms with Gasteiger partial charge in [-0.05, 0) is 12.5 Å². The van der Waals surface area contributed by atoms with Gasteiger partial charge in [0, 0.05) is 31.4 Å². The van der Waals surface area contributed by atoms with Crippen LogP contribution in [0.25, 0.3) is 0 Å². The Kier molecular flexibility index (Phi) is 5.19. The van der Waals surface area contributed by atoms with Crippen LogP contribution in [0.3, 0.4) is 0 Å². The van der Waals surface area contributed by atoms with Gasteiger partial charge in [-0.25, -0.2) is 0 Å². The minimum Gasteiger partial charge on any atom is -0.481 e. The van der Waals surface area contributed by atoms with Crippen LogP contribution in [-0.4, -0.2) is 32.8 Å². The van der Waals surface area contributed by atoms with Gasteiger partial charge < -0.3 is 10.4 Å². The molecule has 1 aromatic heterocycles. The molecule has 17 heavy (non-hydrogen) atoms. The number of carbonyl (C=O) groups is 2. The van der Waals surface area contributed by atoms with Crippen molar-refractivity contribution in [1.29, 1.82) is 0 Å². The molecule has 1 amide bonds. The maximum Gasteiger partial charge on any atom is 0.305 e. The number of rotatable bonds is 7. The number of aryl methyl sites for hydroxylation is 1. The molecule has 0 bridgehead atoms. The molecule has 0 radical (unpaired) electrons. The van der Waals surface area contributed by atoms with Crippen LogP contribution in [0.2, 0.25) is 0 Å². The zero-order valence-electron chi connectivity index (χ0n) is 9.80. The summed E-state index contributed by atoms with van der Waals surface area (Å²) in [6, 6.07) is 1.49. The Hall–Kier alpha value is -1.85. The molecule has 0 aromatic carbocycles. The van der Waals surface area contributed by atoms with Crippen LogP contribution in [0.4, 0.5) is 0 Å². The topological polar surface area (TPSA) is 84.2 Å². The van der Waals surface area contributed by atoms with Gasteiger partial charge in [0.2, 0.25) is 5.91 Å². The molecule has 1 atom stereocenters. The van der Waals surface area contributed by atoms with E-state index in [9.17, 15) is 9.59 Å². The van der Waals surface area contributed by atoms with Gasteiger partial charge in [0.25, 0.3) is 0 Å². The van der Waals surface area contributed by atoms with Gasteiger partial charge in [-0.2, -0.15) is 5.10 Å². The van der Waals surface area contributed by atoms with Gasteiger partial charge in [0.15, 0.2) is 0 Å². The van der Waals surface area contributed by atoms with Crippen LogP contribution in [0.5, 0.6) is 0 Å². The van der Waals surface area contributed by atoms with E-state index in [4.69, 9.17) is 5.11 Å². The lowest BCUT2D eigenvalue weighted by Gasteiger charge is -2.14. The number of carboxylic acids is 1. The molecule has 0 spiro atoms. The van der Waals surface area contributed by atoms with Crippen LogP contribution in [0, 0.1) is 0 Å². The van der Waals surface area contributed by atoms with Crippen molar-refractivity contribution in [1.82, 2.24) is 15.1 Å². The third-order valence-electron chi connectivity index (χ3n) is 2.41. The quantitative estimate of drug-likeness (QED) is 0.731. The van der Waals surface area contributed by atoms with Crippen LogP contribution in [0.1, 0.15) is 26.2 Å². The number of carbonyl (C=O) groups excluding carboxylic acids is 1. The van der Waals surface area contributed by atoms with Crippen molar-refractivity contribution in [2.75, 3.05) is 0 Å². The fourth-order valence-electron chi connectivity index (χ4n) is 1.46. The van der Waals surface area contributed by atoms with E-state index < -0.39 is 5.97 Å². The summed E-state index contributed by atoms with van der Waals surface area (Å²) < 4.78 is 1.66. The largest absolute Gasteiger partial charge is 0.481 e. The van der Waals surface area contributed by atoms with E-state index in [1.807, 2.05) is 6.92 Å². The van der Waals surface area contributed by atoms with Crippen molar-refractivity contribution in [3.05, 3.63) is 18.5 Å². The molecule has 0 saturated carbocycles. The molecule has 0 aliphatic heterocycles. The molecule has 94 valence electrons. The maximum absolute atomic E-state index is 11.5. The Morgan fingerprint density at radius 1 is 1.53 bits per heavy atom.